The maximum atomic E-state index is 15.1. The van der Waals surface area contributed by atoms with E-state index in [0.717, 1.165) is 34.1 Å². The fourth-order valence-electron chi connectivity index (χ4n) is 4.76. The summed E-state index contributed by atoms with van der Waals surface area (Å²) in [6.45, 7) is 7.59. The number of benzene rings is 3. The summed E-state index contributed by atoms with van der Waals surface area (Å²) >= 11 is 1.14. The molecule has 0 spiro atoms. The van der Waals surface area contributed by atoms with Gasteiger partial charge in [-0.1, -0.05) is 65.9 Å². The molecule has 3 aromatic rings. The quantitative estimate of drug-likeness (QED) is 0.320. The van der Waals surface area contributed by atoms with Crippen molar-refractivity contribution in [2.45, 2.75) is 33.6 Å². The number of halogens is 1. The highest BCUT2D eigenvalue weighted by Crippen LogP contribution is 2.41. The van der Waals surface area contributed by atoms with Gasteiger partial charge in [0.2, 0.25) is 5.91 Å². The molecular weight excluding hydrogens is 511 g/mol. The first-order valence-corrected chi connectivity index (χ1v) is 13.4. The lowest BCUT2D eigenvalue weighted by Gasteiger charge is -2.30. The fourth-order valence-corrected chi connectivity index (χ4v) is 5.65. The van der Waals surface area contributed by atoms with Crippen molar-refractivity contribution in [3.05, 3.63) is 117 Å². The lowest BCUT2D eigenvalue weighted by Crippen LogP contribution is -2.31. The number of amides is 2. The number of carbonyl (C=O) groups excluding carboxylic acids is 2. The number of hydrogen-bond acceptors (Lipinski definition) is 5. The first-order valence-electron chi connectivity index (χ1n) is 12.4. The Labute approximate surface area is 232 Å². The zero-order chi connectivity index (χ0) is 28.1. The van der Waals surface area contributed by atoms with Gasteiger partial charge in [0.15, 0.2) is 0 Å². The first-order chi connectivity index (χ1) is 18.7. The summed E-state index contributed by atoms with van der Waals surface area (Å²) in [4.78, 5) is 26.4. The van der Waals surface area contributed by atoms with Crippen LogP contribution in [0.3, 0.4) is 0 Å². The van der Waals surface area contributed by atoms with Crippen LogP contribution in [0.1, 0.15) is 35.1 Å². The van der Waals surface area contributed by atoms with E-state index in [0.29, 0.717) is 16.4 Å². The van der Waals surface area contributed by atoms with Crippen LogP contribution < -0.4 is 16.0 Å². The van der Waals surface area contributed by atoms with Gasteiger partial charge in [0.1, 0.15) is 5.82 Å². The number of aryl methyl sites for hydroxylation is 3. The third kappa shape index (κ3) is 6.21. The summed E-state index contributed by atoms with van der Waals surface area (Å²) in [5.41, 5.74) is 5.47. The van der Waals surface area contributed by atoms with Gasteiger partial charge in [0.05, 0.1) is 28.3 Å². The van der Waals surface area contributed by atoms with E-state index < -0.39 is 17.6 Å². The van der Waals surface area contributed by atoms with E-state index in [-0.39, 0.29) is 28.4 Å². The molecule has 3 aromatic carbocycles. The minimum Gasteiger partial charge on any atom is -0.353 e. The molecule has 0 fully saturated rings. The SMILES string of the molecule is CC1=C(C(=O)Nc2ccccc2)C(c2ccccc2F)C(C#N)=C(SCC(=O)Nc2c(C)cc(C)cc2C)N1. The number of hydrogen-bond donors (Lipinski definition) is 3. The van der Waals surface area contributed by atoms with Crippen LogP contribution in [-0.4, -0.2) is 17.6 Å². The van der Waals surface area contributed by atoms with Crippen LogP contribution in [0.2, 0.25) is 0 Å². The summed E-state index contributed by atoms with van der Waals surface area (Å²) in [7, 11) is 0. The smallest absolute Gasteiger partial charge is 0.254 e. The number of nitrogens with one attached hydrogen (secondary N) is 3. The minimum absolute atomic E-state index is 0.0170. The number of para-hydroxylation sites is 1. The van der Waals surface area contributed by atoms with Crippen molar-refractivity contribution in [2.75, 3.05) is 16.4 Å². The average Bonchev–Trinajstić information content (AvgIpc) is 2.90. The van der Waals surface area contributed by atoms with Gasteiger partial charge in [0, 0.05) is 28.2 Å². The second kappa shape index (κ2) is 12.0. The predicted octanol–water partition coefficient (Wildman–Crippen LogP) is 6.46. The van der Waals surface area contributed by atoms with E-state index >= 15 is 4.39 Å². The minimum atomic E-state index is -0.951. The van der Waals surface area contributed by atoms with Crippen molar-refractivity contribution < 1.29 is 14.0 Å². The number of nitriles is 1. The van der Waals surface area contributed by atoms with E-state index in [9.17, 15) is 14.9 Å². The van der Waals surface area contributed by atoms with Crippen LogP contribution in [0.25, 0.3) is 0 Å². The number of thioether (sulfide) groups is 1. The van der Waals surface area contributed by atoms with Gasteiger partial charge in [-0.05, 0) is 57.0 Å². The van der Waals surface area contributed by atoms with Gasteiger partial charge in [0.25, 0.3) is 5.91 Å². The molecule has 8 heteroatoms. The third-order valence-corrected chi connectivity index (χ3v) is 7.45. The molecule has 1 aliphatic heterocycles. The van der Waals surface area contributed by atoms with Crippen LogP contribution in [-0.2, 0) is 9.59 Å². The maximum absolute atomic E-state index is 15.1. The van der Waals surface area contributed by atoms with Crippen LogP contribution in [0.5, 0.6) is 0 Å². The summed E-state index contributed by atoms with van der Waals surface area (Å²) in [5.74, 6) is -2.14. The molecule has 1 aliphatic rings. The first kappa shape index (κ1) is 27.7. The number of rotatable bonds is 7. The number of dihydropyridines is 1. The van der Waals surface area contributed by atoms with Gasteiger partial charge in [-0.25, -0.2) is 4.39 Å². The molecule has 0 aliphatic carbocycles. The van der Waals surface area contributed by atoms with E-state index in [4.69, 9.17) is 0 Å². The summed E-state index contributed by atoms with van der Waals surface area (Å²) in [6, 6.07) is 21.2. The molecule has 0 saturated carbocycles. The lowest BCUT2D eigenvalue weighted by atomic mass is 9.82. The molecule has 6 nitrogen and oxygen atoms in total. The predicted molar refractivity (Wildman–Crippen MR) is 154 cm³/mol. The second-order valence-electron chi connectivity index (χ2n) is 9.40. The van der Waals surface area contributed by atoms with E-state index in [1.807, 2.05) is 39.0 Å². The van der Waals surface area contributed by atoms with Crippen molar-refractivity contribution in [1.82, 2.24) is 5.32 Å². The Hall–Kier alpha value is -4.35. The van der Waals surface area contributed by atoms with Gasteiger partial charge in [-0.2, -0.15) is 5.26 Å². The monoisotopic (exact) mass is 540 g/mol. The largest absolute Gasteiger partial charge is 0.353 e. The fraction of sp³-hybridized carbons (Fsp3) is 0.194. The lowest BCUT2D eigenvalue weighted by molar-refractivity contribution is -0.114. The third-order valence-electron chi connectivity index (χ3n) is 6.43. The molecule has 39 heavy (non-hydrogen) atoms. The standard InChI is InChI=1S/C31H29FN4O2S/c1-18-14-19(2)29(20(3)15-18)36-26(37)17-39-31-24(16-33)28(23-12-8-9-13-25(23)32)27(21(4)34-31)30(38)35-22-10-6-5-7-11-22/h5-15,28,34H,17H2,1-4H3,(H,35,38)(H,36,37). The summed E-state index contributed by atoms with van der Waals surface area (Å²) in [5, 5.41) is 19.6. The maximum Gasteiger partial charge on any atom is 0.254 e. The summed E-state index contributed by atoms with van der Waals surface area (Å²) in [6.07, 6.45) is 0. The van der Waals surface area contributed by atoms with Crippen molar-refractivity contribution >= 4 is 35.0 Å². The molecule has 1 heterocycles. The van der Waals surface area contributed by atoms with Gasteiger partial charge >= 0.3 is 0 Å². The Bertz CT molecular complexity index is 1520. The molecule has 198 valence electrons. The van der Waals surface area contributed by atoms with Crippen LogP contribution in [0, 0.1) is 37.9 Å². The molecular formula is C31H29FN4O2S. The van der Waals surface area contributed by atoms with Crippen molar-refractivity contribution in [1.29, 1.82) is 5.26 Å². The van der Waals surface area contributed by atoms with Crippen molar-refractivity contribution in [3.63, 3.8) is 0 Å². The average molecular weight is 541 g/mol. The Balaban J connectivity index is 1.64. The number of allylic oxidation sites excluding steroid dienone is 2. The molecule has 0 bridgehead atoms. The van der Waals surface area contributed by atoms with Crippen molar-refractivity contribution in [3.8, 4) is 6.07 Å². The zero-order valence-electron chi connectivity index (χ0n) is 22.2. The molecule has 3 N–H and O–H groups in total. The molecule has 0 saturated heterocycles. The molecule has 1 unspecified atom stereocenters. The summed E-state index contributed by atoms with van der Waals surface area (Å²) < 4.78 is 15.1. The Morgan fingerprint density at radius 1 is 0.974 bits per heavy atom. The van der Waals surface area contributed by atoms with Gasteiger partial charge in [-0.15, -0.1) is 0 Å². The van der Waals surface area contributed by atoms with Crippen LogP contribution >= 0.6 is 11.8 Å². The Morgan fingerprint density at radius 2 is 1.62 bits per heavy atom. The molecule has 0 radical (unpaired) electrons. The Kier molecular flexibility index (Phi) is 8.52. The van der Waals surface area contributed by atoms with Crippen LogP contribution in [0.15, 0.2) is 88.6 Å². The van der Waals surface area contributed by atoms with Crippen molar-refractivity contribution in [2.24, 2.45) is 0 Å². The highest BCUT2D eigenvalue weighted by molar-refractivity contribution is 8.03. The van der Waals surface area contributed by atoms with Gasteiger partial charge in [-0.3, -0.25) is 9.59 Å². The van der Waals surface area contributed by atoms with Gasteiger partial charge < -0.3 is 16.0 Å². The highest BCUT2D eigenvalue weighted by atomic mass is 32.2. The zero-order valence-corrected chi connectivity index (χ0v) is 23.0. The van der Waals surface area contributed by atoms with E-state index in [1.54, 1.807) is 49.4 Å². The number of carbonyl (C=O) groups is 2. The Morgan fingerprint density at radius 3 is 2.26 bits per heavy atom. The van der Waals surface area contributed by atoms with Crippen LogP contribution in [0.4, 0.5) is 15.8 Å². The second-order valence-corrected chi connectivity index (χ2v) is 10.4. The number of anilines is 2. The highest BCUT2D eigenvalue weighted by Gasteiger charge is 2.36. The topological polar surface area (TPSA) is 94.0 Å². The van der Waals surface area contributed by atoms with E-state index in [1.165, 1.54) is 6.07 Å². The molecule has 0 aromatic heterocycles. The molecule has 1 atom stereocenters. The normalized spacial score (nSPS) is 14.9. The number of nitrogens with zero attached hydrogens (tertiary/aromatic N) is 1. The van der Waals surface area contributed by atoms with E-state index in [2.05, 4.69) is 22.0 Å². The molecule has 4 rings (SSSR count). The molecule has 2 amide bonds.